The summed E-state index contributed by atoms with van der Waals surface area (Å²) in [7, 11) is 0. The largest absolute Gasteiger partial charge is 0.390 e. The smallest absolute Gasteiger partial charge is 0.123 e. The van der Waals surface area contributed by atoms with E-state index in [4.69, 9.17) is 0 Å². The van der Waals surface area contributed by atoms with E-state index in [9.17, 15) is 9.50 Å². The predicted molar refractivity (Wildman–Crippen MR) is 117 cm³/mol. The Balaban J connectivity index is 1.37. The summed E-state index contributed by atoms with van der Waals surface area (Å²) in [6.07, 6.45) is -0.459. The molecule has 0 spiro atoms. The van der Waals surface area contributed by atoms with Crippen LogP contribution in [0.2, 0.25) is 0 Å². The molecule has 1 N–H and O–H groups in total. The second-order valence-corrected chi connectivity index (χ2v) is 8.26. The Morgan fingerprint density at radius 1 is 0.931 bits per heavy atom. The van der Waals surface area contributed by atoms with Crippen LogP contribution in [0, 0.1) is 26.6 Å². The van der Waals surface area contributed by atoms with Crippen molar-refractivity contribution in [1.29, 1.82) is 0 Å². The molecule has 1 atom stereocenters. The summed E-state index contributed by atoms with van der Waals surface area (Å²) in [5.41, 5.74) is 5.71. The number of rotatable bonds is 5. The maximum absolute atomic E-state index is 13.6. The molecule has 1 aliphatic rings. The van der Waals surface area contributed by atoms with Crippen LogP contribution in [0.5, 0.6) is 0 Å². The highest BCUT2D eigenvalue weighted by atomic mass is 19.1. The number of halogens is 1. The molecule has 1 aromatic heterocycles. The number of fused-ring (bicyclic) bond motifs is 1. The summed E-state index contributed by atoms with van der Waals surface area (Å²) in [4.78, 5) is 4.74. The van der Waals surface area contributed by atoms with Gasteiger partial charge in [0.05, 0.1) is 12.6 Å². The van der Waals surface area contributed by atoms with Crippen molar-refractivity contribution in [2.45, 2.75) is 33.4 Å². The van der Waals surface area contributed by atoms with E-state index in [1.165, 1.54) is 17.3 Å². The molecule has 0 unspecified atom stereocenters. The van der Waals surface area contributed by atoms with Crippen molar-refractivity contribution in [1.82, 2.24) is 9.47 Å². The Bertz CT molecular complexity index is 988. The van der Waals surface area contributed by atoms with Crippen LogP contribution in [0.15, 0.2) is 42.5 Å². The monoisotopic (exact) mass is 395 g/mol. The van der Waals surface area contributed by atoms with Gasteiger partial charge >= 0.3 is 0 Å². The van der Waals surface area contributed by atoms with Gasteiger partial charge in [-0.3, -0.25) is 4.90 Å². The number of hydrogen-bond acceptors (Lipinski definition) is 3. The van der Waals surface area contributed by atoms with Crippen LogP contribution in [0.3, 0.4) is 0 Å². The first kappa shape index (κ1) is 19.9. The van der Waals surface area contributed by atoms with Gasteiger partial charge in [-0.15, -0.1) is 0 Å². The van der Waals surface area contributed by atoms with Crippen LogP contribution in [-0.4, -0.2) is 53.4 Å². The van der Waals surface area contributed by atoms with Gasteiger partial charge in [-0.1, -0.05) is 17.7 Å². The van der Waals surface area contributed by atoms with E-state index in [-0.39, 0.29) is 5.82 Å². The van der Waals surface area contributed by atoms with Crippen LogP contribution < -0.4 is 4.90 Å². The number of aromatic nitrogens is 1. The highest BCUT2D eigenvalue weighted by Crippen LogP contribution is 2.26. The van der Waals surface area contributed by atoms with Crippen LogP contribution in [-0.2, 0) is 6.54 Å². The van der Waals surface area contributed by atoms with Crippen molar-refractivity contribution < 1.29 is 9.50 Å². The van der Waals surface area contributed by atoms with Crippen LogP contribution in [0.1, 0.15) is 16.8 Å². The van der Waals surface area contributed by atoms with Crippen LogP contribution >= 0.6 is 0 Å². The van der Waals surface area contributed by atoms with Gasteiger partial charge in [0.25, 0.3) is 0 Å². The van der Waals surface area contributed by atoms with Crippen LogP contribution in [0.25, 0.3) is 10.9 Å². The van der Waals surface area contributed by atoms with Crippen molar-refractivity contribution in [3.05, 3.63) is 65.1 Å². The summed E-state index contributed by atoms with van der Waals surface area (Å²) >= 11 is 0. The van der Waals surface area contributed by atoms with Gasteiger partial charge in [0, 0.05) is 55.0 Å². The molecular formula is C24H30FN3O. The zero-order chi connectivity index (χ0) is 20.5. The number of aryl methyl sites for hydroxylation is 2. The molecule has 2 heterocycles. The molecule has 0 bridgehead atoms. The Hall–Kier alpha value is -2.37. The molecule has 0 radical (unpaired) electrons. The van der Waals surface area contributed by atoms with Crippen molar-refractivity contribution in [3.8, 4) is 0 Å². The second kappa shape index (κ2) is 8.17. The first-order valence-corrected chi connectivity index (χ1v) is 10.4. The molecular weight excluding hydrogens is 365 g/mol. The number of β-amino-alcohol motifs (C(OH)–C–C–N with tert-alkyl or cyclic N) is 1. The summed E-state index contributed by atoms with van der Waals surface area (Å²) in [5, 5.41) is 11.7. The number of aliphatic hydroxyl groups excluding tert-OH is 1. The molecule has 1 aliphatic heterocycles. The fourth-order valence-corrected chi connectivity index (χ4v) is 4.37. The van der Waals surface area contributed by atoms with E-state index in [0.717, 1.165) is 48.3 Å². The van der Waals surface area contributed by atoms with Crippen molar-refractivity contribution in [2.24, 2.45) is 0 Å². The lowest BCUT2D eigenvalue weighted by molar-refractivity contribution is 0.0956. The molecule has 4 nitrogen and oxygen atoms in total. The van der Waals surface area contributed by atoms with E-state index in [1.807, 2.05) is 19.9 Å². The summed E-state index contributed by atoms with van der Waals surface area (Å²) in [6.45, 7) is 11.2. The van der Waals surface area contributed by atoms with E-state index in [0.29, 0.717) is 13.1 Å². The zero-order valence-corrected chi connectivity index (χ0v) is 17.5. The molecule has 0 amide bonds. The van der Waals surface area contributed by atoms with Gasteiger partial charge in [-0.2, -0.15) is 0 Å². The number of anilines is 1. The molecule has 29 heavy (non-hydrogen) atoms. The Morgan fingerprint density at radius 2 is 1.62 bits per heavy atom. The third-order valence-electron chi connectivity index (χ3n) is 6.23. The highest BCUT2D eigenvalue weighted by Gasteiger charge is 2.21. The topological polar surface area (TPSA) is 31.6 Å². The fourth-order valence-electron chi connectivity index (χ4n) is 4.37. The van der Waals surface area contributed by atoms with Gasteiger partial charge in [-0.05, 0) is 56.7 Å². The molecule has 1 fully saturated rings. The summed E-state index contributed by atoms with van der Waals surface area (Å²) < 4.78 is 15.8. The number of nitrogens with zero attached hydrogens (tertiary/aromatic N) is 3. The highest BCUT2D eigenvalue weighted by molar-refractivity contribution is 5.85. The van der Waals surface area contributed by atoms with E-state index >= 15 is 0 Å². The number of hydrogen-bond donors (Lipinski definition) is 1. The molecule has 3 aromatic rings. The minimum Gasteiger partial charge on any atom is -0.390 e. The molecule has 0 saturated carbocycles. The third kappa shape index (κ3) is 4.16. The Labute approximate surface area is 172 Å². The molecule has 1 saturated heterocycles. The lowest BCUT2D eigenvalue weighted by Crippen LogP contribution is -2.49. The normalized spacial score (nSPS) is 16.5. The molecule has 5 heteroatoms. The molecule has 4 rings (SSSR count). The quantitative estimate of drug-likeness (QED) is 0.711. The minimum absolute atomic E-state index is 0.218. The van der Waals surface area contributed by atoms with E-state index in [2.05, 4.69) is 45.6 Å². The number of aliphatic hydroxyl groups is 1. The third-order valence-corrected chi connectivity index (χ3v) is 6.23. The second-order valence-electron chi connectivity index (χ2n) is 8.26. The molecule has 2 aromatic carbocycles. The average Bonchev–Trinajstić information content (AvgIpc) is 2.94. The van der Waals surface area contributed by atoms with E-state index < -0.39 is 6.10 Å². The van der Waals surface area contributed by atoms with E-state index in [1.54, 1.807) is 6.07 Å². The molecule has 0 aliphatic carbocycles. The lowest BCUT2D eigenvalue weighted by atomic mass is 10.1. The van der Waals surface area contributed by atoms with Crippen molar-refractivity contribution in [2.75, 3.05) is 37.6 Å². The lowest BCUT2D eigenvalue weighted by Gasteiger charge is -2.37. The van der Waals surface area contributed by atoms with Crippen molar-refractivity contribution >= 4 is 16.6 Å². The average molecular weight is 396 g/mol. The fraction of sp³-hybridized carbons (Fsp3) is 0.417. The predicted octanol–water partition coefficient (Wildman–Crippen LogP) is 3.89. The van der Waals surface area contributed by atoms with Crippen LogP contribution in [0.4, 0.5) is 10.1 Å². The van der Waals surface area contributed by atoms with Gasteiger partial charge < -0.3 is 14.6 Å². The number of benzene rings is 2. The Morgan fingerprint density at radius 3 is 2.31 bits per heavy atom. The minimum atomic E-state index is -0.459. The van der Waals surface area contributed by atoms with Gasteiger partial charge in [0.1, 0.15) is 5.82 Å². The summed E-state index contributed by atoms with van der Waals surface area (Å²) in [6, 6.07) is 13.6. The van der Waals surface area contributed by atoms with Gasteiger partial charge in [0.15, 0.2) is 0 Å². The SMILES string of the molecule is Cc1ccc(N2CCN(C[C@@H](O)Cn3c(C)c(C)c4cc(F)ccc43)CC2)cc1. The first-order chi connectivity index (χ1) is 13.9. The van der Waals surface area contributed by atoms with Gasteiger partial charge in [-0.25, -0.2) is 4.39 Å². The summed E-state index contributed by atoms with van der Waals surface area (Å²) in [5.74, 6) is -0.218. The molecule has 154 valence electrons. The maximum atomic E-state index is 13.6. The van der Waals surface area contributed by atoms with Gasteiger partial charge in [0.2, 0.25) is 0 Å². The van der Waals surface area contributed by atoms with Crippen molar-refractivity contribution in [3.63, 3.8) is 0 Å². The zero-order valence-electron chi connectivity index (χ0n) is 17.5. The maximum Gasteiger partial charge on any atom is 0.123 e. The Kier molecular flexibility index (Phi) is 5.61. The first-order valence-electron chi connectivity index (χ1n) is 10.4. The number of piperazine rings is 1. The standard InChI is InChI=1S/C24H30FN3O/c1-17-4-7-21(8-5-17)27-12-10-26(11-13-27)15-22(29)16-28-19(3)18(2)23-14-20(25)6-9-24(23)28/h4-9,14,22,29H,10-13,15-16H2,1-3H3/t22-/m1/s1.